The molecule has 0 bridgehead atoms. The highest BCUT2D eigenvalue weighted by Crippen LogP contribution is 2.23. The van der Waals surface area contributed by atoms with Gasteiger partial charge in [-0.25, -0.2) is 0 Å². The Balaban J connectivity index is 2.24. The third-order valence-electron chi connectivity index (χ3n) is 13.0. The van der Waals surface area contributed by atoms with Crippen LogP contribution in [0.2, 0.25) is 0 Å². The van der Waals surface area contributed by atoms with Gasteiger partial charge >= 0.3 is 0 Å². The Morgan fingerprint density at radius 2 is 0.833 bits per heavy atom. The van der Waals surface area contributed by atoms with Gasteiger partial charge in [-0.05, 0) is 12.8 Å². The van der Waals surface area contributed by atoms with Gasteiger partial charge in [0.1, 0.15) is 24.4 Å². The van der Waals surface area contributed by atoms with E-state index in [0.29, 0.717) is 12.8 Å². The van der Waals surface area contributed by atoms with Crippen LogP contribution in [0.15, 0.2) is 0 Å². The van der Waals surface area contributed by atoms with Crippen molar-refractivity contribution < 1.29 is 39.8 Å². The van der Waals surface area contributed by atoms with Crippen LogP contribution in [0.4, 0.5) is 0 Å². The number of hydrogen-bond donors (Lipinski definition) is 6. The van der Waals surface area contributed by atoms with Crippen LogP contribution in [-0.4, -0.2) is 87.5 Å². The molecule has 1 aliphatic heterocycles. The molecule has 0 aromatic carbocycles. The molecule has 0 aromatic heterocycles. The minimum Gasteiger partial charge on any atom is -0.394 e. The molecule has 358 valence electrons. The van der Waals surface area contributed by atoms with Crippen LogP contribution in [0.3, 0.4) is 0 Å². The maximum absolute atomic E-state index is 13.0. The second-order valence-corrected chi connectivity index (χ2v) is 18.7. The van der Waals surface area contributed by atoms with E-state index in [-0.39, 0.29) is 12.5 Å². The van der Waals surface area contributed by atoms with Gasteiger partial charge in [0.25, 0.3) is 0 Å². The third kappa shape index (κ3) is 31.9. The summed E-state index contributed by atoms with van der Waals surface area (Å²) in [4.78, 5) is 13.0. The average molecular weight is 856 g/mol. The standard InChI is InChI=1S/C51H101NO8/c1-3-5-7-9-11-13-15-17-19-21-22-23-25-27-29-31-33-35-37-39-41-47(55)52-44(43-59-51-50(58)49(57)48(56)46(42-53)60-51)45(54)40-38-36-34-32-30-28-26-24-20-18-16-14-12-10-8-6-4-2/h44-46,48-51,53-54,56-58H,3-43H2,1-2H3,(H,52,55). The highest BCUT2D eigenvalue weighted by atomic mass is 16.7. The molecule has 7 atom stereocenters. The van der Waals surface area contributed by atoms with Crippen molar-refractivity contribution in [3.63, 3.8) is 0 Å². The number of rotatable bonds is 45. The molecule has 0 aromatic rings. The van der Waals surface area contributed by atoms with Gasteiger partial charge in [0.05, 0.1) is 25.4 Å². The van der Waals surface area contributed by atoms with Crippen LogP contribution < -0.4 is 5.32 Å². The van der Waals surface area contributed by atoms with Crippen molar-refractivity contribution >= 4 is 5.91 Å². The summed E-state index contributed by atoms with van der Waals surface area (Å²) in [7, 11) is 0. The Hall–Kier alpha value is -0.810. The molecule has 1 rings (SSSR count). The number of carbonyl (C=O) groups is 1. The molecule has 7 unspecified atom stereocenters. The number of aliphatic hydroxyl groups excluding tert-OH is 5. The van der Waals surface area contributed by atoms with Crippen LogP contribution in [0.25, 0.3) is 0 Å². The summed E-state index contributed by atoms with van der Waals surface area (Å²) in [5, 5.41) is 54.5. The Kier molecular flexibility index (Phi) is 40.2. The first kappa shape index (κ1) is 57.2. The zero-order valence-electron chi connectivity index (χ0n) is 39.5. The fourth-order valence-corrected chi connectivity index (χ4v) is 8.75. The van der Waals surface area contributed by atoms with Crippen LogP contribution in [0.1, 0.15) is 264 Å². The first-order chi connectivity index (χ1) is 29.3. The Morgan fingerprint density at radius 1 is 0.500 bits per heavy atom. The maximum Gasteiger partial charge on any atom is 0.220 e. The molecule has 0 aliphatic carbocycles. The molecule has 0 saturated carbocycles. The van der Waals surface area contributed by atoms with E-state index in [0.717, 1.165) is 38.5 Å². The lowest BCUT2D eigenvalue weighted by Gasteiger charge is -2.40. The van der Waals surface area contributed by atoms with E-state index in [9.17, 15) is 30.3 Å². The summed E-state index contributed by atoms with van der Waals surface area (Å²) >= 11 is 0. The minimum absolute atomic E-state index is 0.131. The van der Waals surface area contributed by atoms with Crippen molar-refractivity contribution in [2.24, 2.45) is 0 Å². The maximum atomic E-state index is 13.0. The molecule has 1 fully saturated rings. The number of ether oxygens (including phenoxy) is 2. The lowest BCUT2D eigenvalue weighted by Crippen LogP contribution is -2.60. The van der Waals surface area contributed by atoms with Crippen molar-refractivity contribution in [3.8, 4) is 0 Å². The molecule has 1 aliphatic rings. The van der Waals surface area contributed by atoms with E-state index < -0.39 is 49.5 Å². The quantitative estimate of drug-likeness (QED) is 0.0332. The first-order valence-electron chi connectivity index (χ1n) is 26.2. The van der Waals surface area contributed by atoms with Crippen LogP contribution in [-0.2, 0) is 14.3 Å². The highest BCUT2D eigenvalue weighted by Gasteiger charge is 2.44. The summed E-state index contributed by atoms with van der Waals surface area (Å²) in [6.45, 7) is 3.87. The molecule has 0 radical (unpaired) electrons. The van der Waals surface area contributed by atoms with Crippen LogP contribution >= 0.6 is 0 Å². The van der Waals surface area contributed by atoms with Gasteiger partial charge in [-0.2, -0.15) is 0 Å². The topological polar surface area (TPSA) is 149 Å². The lowest BCUT2D eigenvalue weighted by atomic mass is 9.99. The predicted molar refractivity (Wildman–Crippen MR) is 249 cm³/mol. The second kappa shape index (κ2) is 42.2. The first-order valence-corrected chi connectivity index (χ1v) is 26.2. The third-order valence-corrected chi connectivity index (χ3v) is 13.0. The minimum atomic E-state index is -1.55. The lowest BCUT2D eigenvalue weighted by molar-refractivity contribution is -0.302. The molecular formula is C51H101NO8. The normalized spacial score (nSPS) is 20.4. The summed E-state index contributed by atoms with van der Waals surface area (Å²) in [5.41, 5.74) is 0. The Bertz CT molecular complexity index is 908. The van der Waals surface area contributed by atoms with Gasteiger partial charge in [0.15, 0.2) is 6.29 Å². The van der Waals surface area contributed by atoms with Gasteiger partial charge < -0.3 is 40.3 Å². The fourth-order valence-electron chi connectivity index (χ4n) is 8.75. The molecule has 60 heavy (non-hydrogen) atoms. The van der Waals surface area contributed by atoms with Crippen LogP contribution in [0.5, 0.6) is 0 Å². The Labute approximate surface area is 370 Å². The largest absolute Gasteiger partial charge is 0.394 e. The Morgan fingerprint density at radius 3 is 1.18 bits per heavy atom. The summed E-state index contributed by atoms with van der Waals surface area (Å²) < 4.78 is 11.3. The molecule has 0 spiro atoms. The van der Waals surface area contributed by atoms with Crippen molar-refractivity contribution in [3.05, 3.63) is 0 Å². The van der Waals surface area contributed by atoms with Crippen molar-refractivity contribution in [1.29, 1.82) is 0 Å². The molecule has 9 heteroatoms. The van der Waals surface area contributed by atoms with Gasteiger partial charge in [-0.15, -0.1) is 0 Å². The number of carbonyl (C=O) groups excluding carboxylic acids is 1. The number of hydrogen-bond acceptors (Lipinski definition) is 8. The SMILES string of the molecule is CCCCCCCCCCCCCCCCCCCCCCC(=O)NC(COC1OC(CO)C(O)C(O)C1O)C(O)CCCCCCCCCCCCCCCCCCC. The number of aliphatic hydroxyl groups is 5. The van der Waals surface area contributed by atoms with E-state index in [1.54, 1.807) is 0 Å². The monoisotopic (exact) mass is 856 g/mol. The van der Waals surface area contributed by atoms with E-state index >= 15 is 0 Å². The van der Waals surface area contributed by atoms with Crippen molar-refractivity contribution in [2.75, 3.05) is 13.2 Å². The molecular weight excluding hydrogens is 755 g/mol. The molecule has 1 heterocycles. The second-order valence-electron chi connectivity index (χ2n) is 18.7. The van der Waals surface area contributed by atoms with E-state index in [1.165, 1.54) is 199 Å². The average Bonchev–Trinajstić information content (AvgIpc) is 3.25. The smallest absolute Gasteiger partial charge is 0.220 e. The summed E-state index contributed by atoms with van der Waals surface area (Å²) in [6, 6.07) is -0.712. The number of nitrogens with one attached hydrogen (secondary N) is 1. The van der Waals surface area contributed by atoms with Gasteiger partial charge in [0.2, 0.25) is 5.91 Å². The van der Waals surface area contributed by atoms with Crippen molar-refractivity contribution in [1.82, 2.24) is 5.32 Å². The molecule has 6 N–H and O–H groups in total. The molecule has 9 nitrogen and oxygen atoms in total. The zero-order chi connectivity index (χ0) is 43.7. The molecule has 1 amide bonds. The predicted octanol–water partition coefficient (Wildman–Crippen LogP) is 11.9. The molecule has 1 saturated heterocycles. The number of unbranched alkanes of at least 4 members (excludes halogenated alkanes) is 35. The number of amides is 1. The summed E-state index contributed by atoms with van der Waals surface area (Å²) in [6.07, 6.45) is 41.1. The summed E-state index contributed by atoms with van der Waals surface area (Å²) in [5.74, 6) is -0.138. The van der Waals surface area contributed by atoms with Crippen LogP contribution in [0, 0.1) is 0 Å². The van der Waals surface area contributed by atoms with E-state index in [4.69, 9.17) is 9.47 Å². The zero-order valence-corrected chi connectivity index (χ0v) is 39.5. The van der Waals surface area contributed by atoms with Gasteiger partial charge in [-0.1, -0.05) is 245 Å². The highest BCUT2D eigenvalue weighted by molar-refractivity contribution is 5.76. The fraction of sp³-hybridized carbons (Fsp3) is 0.980. The van der Waals surface area contributed by atoms with Crippen molar-refractivity contribution in [2.45, 2.75) is 307 Å². The van der Waals surface area contributed by atoms with Gasteiger partial charge in [-0.3, -0.25) is 4.79 Å². The van der Waals surface area contributed by atoms with E-state index in [1.807, 2.05) is 0 Å². The van der Waals surface area contributed by atoms with Gasteiger partial charge in [0, 0.05) is 6.42 Å². The van der Waals surface area contributed by atoms with E-state index in [2.05, 4.69) is 19.2 Å².